The number of nitrogens with one attached hydrogen (secondary N) is 1. The summed E-state index contributed by atoms with van der Waals surface area (Å²) in [5.74, 6) is 1.09. The van der Waals surface area contributed by atoms with Crippen molar-refractivity contribution in [2.45, 2.75) is 18.9 Å². The summed E-state index contributed by atoms with van der Waals surface area (Å²) in [6.07, 6.45) is 3.89. The Bertz CT molecular complexity index is 449. The molecule has 0 bridgehead atoms. The molecule has 0 spiro atoms. The van der Waals surface area contributed by atoms with Gasteiger partial charge in [0.1, 0.15) is 11.9 Å². The van der Waals surface area contributed by atoms with Crippen LogP contribution in [0.2, 0.25) is 0 Å². The van der Waals surface area contributed by atoms with Gasteiger partial charge in [-0.25, -0.2) is 4.98 Å². The largest absolute Gasteiger partial charge is 0.351 e. The fraction of sp³-hybridized carbons (Fsp3) is 0.500. The van der Waals surface area contributed by atoms with Crippen molar-refractivity contribution in [1.29, 1.82) is 5.26 Å². The molecule has 0 aromatic carbocycles. The van der Waals surface area contributed by atoms with Crippen LogP contribution in [-0.4, -0.2) is 30.7 Å². The highest BCUT2D eigenvalue weighted by Crippen LogP contribution is 2.29. The Hall–Kier alpha value is -1.60. The zero-order valence-electron chi connectivity index (χ0n) is 9.11. The van der Waals surface area contributed by atoms with Gasteiger partial charge in [0.15, 0.2) is 0 Å². The standard InChI is InChI=1S/C12H14N4/c13-6-9-5-10-1-2-11-8-14-3-4-16(11)12(10)15-7-9/h5,7,11,14H,1-4,8H2. The molecule has 1 fully saturated rings. The second kappa shape index (κ2) is 3.76. The molecule has 3 rings (SSSR count). The van der Waals surface area contributed by atoms with Crippen LogP contribution in [0.25, 0.3) is 0 Å². The molecule has 82 valence electrons. The second-order valence-corrected chi connectivity index (χ2v) is 4.41. The molecule has 3 heterocycles. The molecular weight excluding hydrogens is 200 g/mol. The lowest BCUT2D eigenvalue weighted by atomic mass is 9.96. The number of pyridine rings is 1. The first kappa shape index (κ1) is 9.61. The molecule has 1 saturated heterocycles. The van der Waals surface area contributed by atoms with Crippen molar-refractivity contribution in [2.75, 3.05) is 24.5 Å². The molecule has 2 aliphatic rings. The molecule has 2 aliphatic heterocycles. The maximum absolute atomic E-state index is 8.86. The van der Waals surface area contributed by atoms with E-state index in [2.05, 4.69) is 21.3 Å². The van der Waals surface area contributed by atoms with Gasteiger partial charge in [0.2, 0.25) is 0 Å². The Morgan fingerprint density at radius 1 is 1.56 bits per heavy atom. The molecule has 0 amide bonds. The number of aromatic nitrogens is 1. The summed E-state index contributed by atoms with van der Waals surface area (Å²) in [5.41, 5.74) is 1.91. The third kappa shape index (κ3) is 1.44. The lowest BCUT2D eigenvalue weighted by molar-refractivity contribution is 0.436. The Kier molecular flexibility index (Phi) is 2.26. The van der Waals surface area contributed by atoms with Crippen LogP contribution in [0.1, 0.15) is 17.5 Å². The molecule has 0 aliphatic carbocycles. The quantitative estimate of drug-likeness (QED) is 0.690. The highest BCUT2D eigenvalue weighted by Gasteiger charge is 2.29. The number of hydrogen-bond donors (Lipinski definition) is 1. The van der Waals surface area contributed by atoms with Crippen molar-refractivity contribution < 1.29 is 0 Å². The Morgan fingerprint density at radius 3 is 3.38 bits per heavy atom. The molecule has 4 heteroatoms. The molecule has 1 aromatic rings. The summed E-state index contributed by atoms with van der Waals surface area (Å²) in [4.78, 5) is 6.84. The van der Waals surface area contributed by atoms with Crippen LogP contribution in [0.4, 0.5) is 5.82 Å². The van der Waals surface area contributed by atoms with Crippen LogP contribution in [-0.2, 0) is 6.42 Å². The highest BCUT2D eigenvalue weighted by molar-refractivity contribution is 5.53. The van der Waals surface area contributed by atoms with Crippen molar-refractivity contribution in [2.24, 2.45) is 0 Å². The first-order valence-corrected chi connectivity index (χ1v) is 5.75. The number of nitrogens with zero attached hydrogens (tertiary/aromatic N) is 3. The van der Waals surface area contributed by atoms with Crippen LogP contribution < -0.4 is 10.2 Å². The van der Waals surface area contributed by atoms with E-state index in [-0.39, 0.29) is 0 Å². The summed E-state index contributed by atoms with van der Waals surface area (Å²) in [6.45, 7) is 3.11. The predicted octanol–water partition coefficient (Wildman–Crippen LogP) is 0.678. The minimum Gasteiger partial charge on any atom is -0.351 e. The molecule has 1 N–H and O–H groups in total. The number of piperazine rings is 1. The number of fused-ring (bicyclic) bond motifs is 3. The van der Waals surface area contributed by atoms with Gasteiger partial charge in [0.25, 0.3) is 0 Å². The molecule has 4 nitrogen and oxygen atoms in total. The van der Waals surface area contributed by atoms with Gasteiger partial charge < -0.3 is 10.2 Å². The van der Waals surface area contributed by atoms with E-state index in [9.17, 15) is 0 Å². The van der Waals surface area contributed by atoms with Gasteiger partial charge in [-0.2, -0.15) is 5.26 Å². The van der Waals surface area contributed by atoms with Gasteiger partial charge >= 0.3 is 0 Å². The number of anilines is 1. The van der Waals surface area contributed by atoms with Gasteiger partial charge in [-0.3, -0.25) is 0 Å². The Morgan fingerprint density at radius 2 is 2.50 bits per heavy atom. The third-order valence-electron chi connectivity index (χ3n) is 3.44. The first-order chi connectivity index (χ1) is 7.88. The van der Waals surface area contributed by atoms with Crippen LogP contribution in [0.15, 0.2) is 12.3 Å². The Balaban J connectivity index is 1.99. The maximum Gasteiger partial charge on any atom is 0.132 e. The molecule has 1 atom stereocenters. The van der Waals surface area contributed by atoms with Crippen molar-refractivity contribution in [3.8, 4) is 6.07 Å². The summed E-state index contributed by atoms with van der Waals surface area (Å²) in [7, 11) is 0. The summed E-state index contributed by atoms with van der Waals surface area (Å²) in [5, 5.41) is 12.3. The van der Waals surface area contributed by atoms with Crippen molar-refractivity contribution >= 4 is 5.82 Å². The summed E-state index contributed by atoms with van der Waals surface area (Å²) >= 11 is 0. The summed E-state index contributed by atoms with van der Waals surface area (Å²) < 4.78 is 0. The van der Waals surface area contributed by atoms with E-state index < -0.39 is 0 Å². The monoisotopic (exact) mass is 214 g/mol. The van der Waals surface area contributed by atoms with E-state index >= 15 is 0 Å². The highest BCUT2D eigenvalue weighted by atomic mass is 15.3. The van der Waals surface area contributed by atoms with Crippen molar-refractivity contribution in [3.05, 3.63) is 23.4 Å². The van der Waals surface area contributed by atoms with Gasteiger partial charge in [-0.15, -0.1) is 0 Å². The average Bonchev–Trinajstić information content (AvgIpc) is 2.38. The minimum atomic E-state index is 0.585. The fourth-order valence-electron chi connectivity index (χ4n) is 2.63. The molecule has 0 saturated carbocycles. The van der Waals surface area contributed by atoms with E-state index in [1.807, 2.05) is 6.07 Å². The van der Waals surface area contributed by atoms with Crippen LogP contribution in [0, 0.1) is 11.3 Å². The van der Waals surface area contributed by atoms with E-state index in [4.69, 9.17) is 5.26 Å². The van der Waals surface area contributed by atoms with E-state index in [1.165, 1.54) is 5.56 Å². The zero-order valence-corrected chi connectivity index (χ0v) is 9.11. The predicted molar refractivity (Wildman–Crippen MR) is 61.3 cm³/mol. The molecule has 0 radical (unpaired) electrons. The van der Waals surface area contributed by atoms with Gasteiger partial charge in [-0.05, 0) is 24.5 Å². The van der Waals surface area contributed by atoms with Crippen LogP contribution in [0.3, 0.4) is 0 Å². The molecular formula is C12H14N4. The topological polar surface area (TPSA) is 52.0 Å². The SMILES string of the molecule is N#Cc1cnc2c(c1)CCC1CNCCN21. The first-order valence-electron chi connectivity index (χ1n) is 5.75. The maximum atomic E-state index is 8.86. The van der Waals surface area contributed by atoms with Crippen LogP contribution in [0.5, 0.6) is 0 Å². The molecule has 1 aromatic heterocycles. The second-order valence-electron chi connectivity index (χ2n) is 4.41. The number of aryl methyl sites for hydroxylation is 1. The van der Waals surface area contributed by atoms with E-state index in [0.29, 0.717) is 11.6 Å². The van der Waals surface area contributed by atoms with Crippen molar-refractivity contribution in [1.82, 2.24) is 10.3 Å². The van der Waals surface area contributed by atoms with Gasteiger partial charge in [0.05, 0.1) is 5.56 Å². The lowest BCUT2D eigenvalue weighted by Gasteiger charge is -2.41. The molecule has 16 heavy (non-hydrogen) atoms. The zero-order chi connectivity index (χ0) is 11.0. The third-order valence-corrected chi connectivity index (χ3v) is 3.44. The normalized spacial score (nSPS) is 23.2. The molecule has 1 unspecified atom stereocenters. The Labute approximate surface area is 94.9 Å². The smallest absolute Gasteiger partial charge is 0.132 e. The lowest BCUT2D eigenvalue weighted by Crippen LogP contribution is -2.53. The van der Waals surface area contributed by atoms with Gasteiger partial charge in [-0.1, -0.05) is 0 Å². The van der Waals surface area contributed by atoms with Crippen LogP contribution >= 0.6 is 0 Å². The van der Waals surface area contributed by atoms with Crippen molar-refractivity contribution in [3.63, 3.8) is 0 Å². The van der Waals surface area contributed by atoms with Gasteiger partial charge in [0, 0.05) is 31.9 Å². The van der Waals surface area contributed by atoms with E-state index in [0.717, 1.165) is 38.3 Å². The average molecular weight is 214 g/mol. The number of nitriles is 1. The fourth-order valence-corrected chi connectivity index (χ4v) is 2.63. The number of hydrogen-bond acceptors (Lipinski definition) is 4. The minimum absolute atomic E-state index is 0.585. The summed E-state index contributed by atoms with van der Waals surface area (Å²) in [6, 6.07) is 4.73. The van der Waals surface area contributed by atoms with E-state index in [1.54, 1.807) is 6.20 Å². The number of rotatable bonds is 0.